The van der Waals surface area contributed by atoms with E-state index >= 15 is 0 Å². The first kappa shape index (κ1) is 19.0. The van der Waals surface area contributed by atoms with Crippen LogP contribution in [0.5, 0.6) is 17.2 Å². The van der Waals surface area contributed by atoms with Gasteiger partial charge in [0.15, 0.2) is 17.3 Å². The number of hydrogen-bond donors (Lipinski definition) is 1. The van der Waals surface area contributed by atoms with Gasteiger partial charge in [0.1, 0.15) is 11.5 Å². The lowest BCUT2D eigenvalue weighted by Crippen LogP contribution is -2.16. The molecular weight excluding hydrogens is 362 g/mol. The van der Waals surface area contributed by atoms with Gasteiger partial charge >= 0.3 is 0 Å². The quantitative estimate of drug-likeness (QED) is 0.694. The van der Waals surface area contributed by atoms with Gasteiger partial charge in [-0.3, -0.25) is 15.1 Å². The van der Waals surface area contributed by atoms with Crippen LogP contribution in [-0.4, -0.2) is 47.2 Å². The summed E-state index contributed by atoms with van der Waals surface area (Å²) in [7, 11) is 4.45. The van der Waals surface area contributed by atoms with Gasteiger partial charge in [0, 0.05) is 11.8 Å². The molecule has 0 fully saturated rings. The monoisotopic (exact) mass is 381 g/mol. The fourth-order valence-electron chi connectivity index (χ4n) is 2.53. The first-order valence-corrected chi connectivity index (χ1v) is 8.31. The number of aryl methyl sites for hydroxylation is 1. The number of benzene rings is 1. The number of amides is 1. The lowest BCUT2D eigenvalue weighted by molar-refractivity contribution is 0.102. The first-order valence-electron chi connectivity index (χ1n) is 8.31. The molecule has 0 aliphatic heterocycles. The van der Waals surface area contributed by atoms with Crippen molar-refractivity contribution in [2.75, 3.05) is 26.6 Å². The summed E-state index contributed by atoms with van der Waals surface area (Å²) in [6.45, 7) is 1.71. The number of anilines is 1. The van der Waals surface area contributed by atoms with Crippen molar-refractivity contribution in [2.45, 2.75) is 6.92 Å². The molecule has 2 heterocycles. The van der Waals surface area contributed by atoms with Crippen LogP contribution in [0.25, 0.3) is 11.5 Å². The molecule has 1 aromatic carbocycles. The Hall–Kier alpha value is -3.75. The topological polar surface area (TPSA) is 108 Å². The molecule has 0 unspecified atom stereocenters. The van der Waals surface area contributed by atoms with Crippen LogP contribution in [0.1, 0.15) is 16.2 Å². The van der Waals surface area contributed by atoms with E-state index < -0.39 is 5.91 Å². The second kappa shape index (κ2) is 8.30. The van der Waals surface area contributed by atoms with Crippen molar-refractivity contribution in [2.24, 2.45) is 0 Å². The fourth-order valence-corrected chi connectivity index (χ4v) is 2.53. The Kier molecular flexibility index (Phi) is 5.64. The Morgan fingerprint density at radius 1 is 0.964 bits per heavy atom. The number of carbonyl (C=O) groups is 1. The third-order valence-corrected chi connectivity index (χ3v) is 3.79. The van der Waals surface area contributed by atoms with E-state index in [-0.39, 0.29) is 5.95 Å². The van der Waals surface area contributed by atoms with Crippen molar-refractivity contribution >= 4 is 11.9 Å². The zero-order valence-corrected chi connectivity index (χ0v) is 15.9. The number of nitrogens with zero attached hydrogens (tertiary/aromatic N) is 4. The molecule has 0 spiro atoms. The van der Waals surface area contributed by atoms with Crippen LogP contribution in [0, 0.1) is 6.92 Å². The summed E-state index contributed by atoms with van der Waals surface area (Å²) in [6, 6.07) is 8.49. The third-order valence-electron chi connectivity index (χ3n) is 3.79. The molecule has 0 radical (unpaired) electrons. The number of methoxy groups -OCH3 is 3. The average Bonchev–Trinajstić information content (AvgIpc) is 2.72. The molecule has 9 heteroatoms. The van der Waals surface area contributed by atoms with Crippen molar-refractivity contribution in [3.05, 3.63) is 47.9 Å². The van der Waals surface area contributed by atoms with Crippen molar-refractivity contribution in [3.8, 4) is 28.8 Å². The summed E-state index contributed by atoms with van der Waals surface area (Å²) in [4.78, 5) is 29.7. The van der Waals surface area contributed by atoms with Gasteiger partial charge in [-0.1, -0.05) is 6.07 Å². The number of ether oxygens (including phenoxy) is 3. The maximum atomic E-state index is 12.7. The van der Waals surface area contributed by atoms with E-state index in [1.165, 1.54) is 21.3 Å². The average molecular weight is 381 g/mol. The van der Waals surface area contributed by atoms with Gasteiger partial charge in [0.2, 0.25) is 11.7 Å². The van der Waals surface area contributed by atoms with Crippen molar-refractivity contribution in [1.82, 2.24) is 19.9 Å². The van der Waals surface area contributed by atoms with Crippen LogP contribution in [0.15, 0.2) is 36.5 Å². The lowest BCUT2D eigenvalue weighted by Gasteiger charge is -2.14. The Morgan fingerprint density at radius 3 is 2.25 bits per heavy atom. The van der Waals surface area contributed by atoms with Gasteiger partial charge in [0.25, 0.3) is 5.91 Å². The second-order valence-corrected chi connectivity index (χ2v) is 5.61. The van der Waals surface area contributed by atoms with Gasteiger partial charge in [-0.05, 0) is 31.2 Å². The molecule has 3 aromatic rings. The van der Waals surface area contributed by atoms with Gasteiger partial charge < -0.3 is 14.2 Å². The maximum Gasteiger partial charge on any atom is 0.258 e. The van der Waals surface area contributed by atoms with Crippen molar-refractivity contribution in [1.29, 1.82) is 0 Å². The Balaban J connectivity index is 1.92. The van der Waals surface area contributed by atoms with Crippen LogP contribution in [0.4, 0.5) is 5.95 Å². The molecule has 0 saturated carbocycles. The molecule has 0 aliphatic carbocycles. The Bertz CT molecular complexity index is 970. The molecule has 3 rings (SSSR count). The summed E-state index contributed by atoms with van der Waals surface area (Å²) in [5.41, 5.74) is 0.878. The van der Waals surface area contributed by atoms with Crippen LogP contribution in [-0.2, 0) is 0 Å². The third kappa shape index (κ3) is 3.98. The summed E-state index contributed by atoms with van der Waals surface area (Å²) in [6.07, 6.45) is 1.64. The molecule has 0 aliphatic rings. The van der Waals surface area contributed by atoms with Crippen LogP contribution in [0.2, 0.25) is 0 Å². The van der Waals surface area contributed by atoms with Gasteiger partial charge in [-0.2, -0.15) is 9.97 Å². The summed E-state index contributed by atoms with van der Waals surface area (Å²) in [5.74, 6) is 1.64. The molecule has 9 nitrogen and oxygen atoms in total. The van der Waals surface area contributed by atoms with Gasteiger partial charge in [0.05, 0.1) is 21.3 Å². The minimum absolute atomic E-state index is 0.118. The summed E-state index contributed by atoms with van der Waals surface area (Å²) in [5, 5.41) is 2.67. The molecule has 0 bridgehead atoms. The summed E-state index contributed by atoms with van der Waals surface area (Å²) >= 11 is 0. The van der Waals surface area contributed by atoms with Crippen LogP contribution >= 0.6 is 0 Å². The van der Waals surface area contributed by atoms with E-state index in [4.69, 9.17) is 14.2 Å². The number of pyridine rings is 1. The molecule has 28 heavy (non-hydrogen) atoms. The highest BCUT2D eigenvalue weighted by Crippen LogP contribution is 2.38. The molecule has 0 saturated heterocycles. The minimum Gasteiger partial charge on any atom is -0.493 e. The van der Waals surface area contributed by atoms with Gasteiger partial charge in [-0.25, -0.2) is 4.98 Å². The molecular formula is C19H19N5O4. The van der Waals surface area contributed by atoms with Gasteiger partial charge in [-0.15, -0.1) is 0 Å². The number of aromatic nitrogens is 4. The van der Waals surface area contributed by atoms with Crippen molar-refractivity contribution in [3.63, 3.8) is 0 Å². The molecule has 2 aromatic heterocycles. The fraction of sp³-hybridized carbons (Fsp3) is 0.211. The molecule has 1 amide bonds. The Morgan fingerprint density at radius 2 is 1.68 bits per heavy atom. The van der Waals surface area contributed by atoms with E-state index in [1.54, 1.807) is 37.4 Å². The van der Waals surface area contributed by atoms with E-state index in [0.29, 0.717) is 40.2 Å². The first-order chi connectivity index (χ1) is 13.5. The highest BCUT2D eigenvalue weighted by Gasteiger charge is 2.18. The normalized spacial score (nSPS) is 10.3. The highest BCUT2D eigenvalue weighted by molar-refractivity contribution is 6.04. The van der Waals surface area contributed by atoms with Crippen LogP contribution in [0.3, 0.4) is 0 Å². The lowest BCUT2D eigenvalue weighted by atomic mass is 10.1. The van der Waals surface area contributed by atoms with Crippen LogP contribution < -0.4 is 19.5 Å². The second-order valence-electron chi connectivity index (χ2n) is 5.61. The smallest absolute Gasteiger partial charge is 0.258 e. The standard InChI is InChI=1S/C19H19N5O4/c1-11-21-17(13-7-5-6-8-20-13)23-19(22-11)24-18(25)12-9-14(26-2)16(28-4)15(10-12)27-3/h5-10H,1-4H3,(H,21,22,23,24,25). The van der Waals surface area contributed by atoms with E-state index in [9.17, 15) is 4.79 Å². The van der Waals surface area contributed by atoms with E-state index in [1.807, 2.05) is 6.07 Å². The number of hydrogen-bond acceptors (Lipinski definition) is 8. The van der Waals surface area contributed by atoms with E-state index in [0.717, 1.165) is 0 Å². The number of nitrogens with one attached hydrogen (secondary N) is 1. The highest BCUT2D eigenvalue weighted by atomic mass is 16.5. The molecule has 144 valence electrons. The Labute approximate surface area is 161 Å². The van der Waals surface area contributed by atoms with E-state index in [2.05, 4.69) is 25.3 Å². The SMILES string of the molecule is COc1cc(C(=O)Nc2nc(C)nc(-c3ccccn3)n2)cc(OC)c1OC. The number of rotatable bonds is 6. The zero-order chi connectivity index (χ0) is 20.1. The number of carbonyl (C=O) groups excluding carboxylic acids is 1. The summed E-state index contributed by atoms with van der Waals surface area (Å²) < 4.78 is 15.8. The molecule has 1 N–H and O–H groups in total. The van der Waals surface area contributed by atoms with Crippen molar-refractivity contribution < 1.29 is 19.0 Å². The molecule has 0 atom stereocenters. The maximum absolute atomic E-state index is 12.7. The predicted octanol–water partition coefficient (Wildman–Crippen LogP) is 2.52. The zero-order valence-electron chi connectivity index (χ0n) is 15.9. The largest absolute Gasteiger partial charge is 0.493 e. The minimum atomic E-state index is -0.433. The predicted molar refractivity (Wildman–Crippen MR) is 102 cm³/mol.